The predicted octanol–water partition coefficient (Wildman–Crippen LogP) is 1.01. The number of amides is 2. The Bertz CT molecular complexity index is 592. The highest BCUT2D eigenvalue weighted by molar-refractivity contribution is 5.81. The summed E-state index contributed by atoms with van der Waals surface area (Å²) in [5, 5.41) is 10.7. The maximum Gasteiger partial charge on any atom is 0.410 e. The van der Waals surface area contributed by atoms with Crippen LogP contribution < -0.4 is 5.32 Å². The van der Waals surface area contributed by atoms with Gasteiger partial charge in [-0.25, -0.2) is 4.79 Å². The molecule has 0 bridgehead atoms. The van der Waals surface area contributed by atoms with Crippen LogP contribution in [0.15, 0.2) is 30.3 Å². The SMILES string of the molecule is O=C(O)CNC(=O)COCC1CCCN1C(=O)OCc1ccccc1. The first-order valence-corrected chi connectivity index (χ1v) is 8.10. The number of hydrogen-bond donors (Lipinski definition) is 2. The van der Waals surface area contributed by atoms with Crippen LogP contribution in [0, 0.1) is 0 Å². The van der Waals surface area contributed by atoms with Gasteiger partial charge in [0.05, 0.1) is 12.6 Å². The van der Waals surface area contributed by atoms with E-state index in [9.17, 15) is 14.4 Å². The first-order valence-electron chi connectivity index (χ1n) is 8.10. The third-order valence-corrected chi connectivity index (χ3v) is 3.80. The van der Waals surface area contributed by atoms with Crippen LogP contribution >= 0.6 is 0 Å². The molecule has 136 valence electrons. The molecule has 2 amide bonds. The second-order valence-corrected chi connectivity index (χ2v) is 5.72. The van der Waals surface area contributed by atoms with E-state index in [2.05, 4.69) is 5.32 Å². The molecule has 1 aliphatic rings. The number of aliphatic carboxylic acids is 1. The monoisotopic (exact) mass is 350 g/mol. The number of carbonyl (C=O) groups excluding carboxylic acids is 2. The Balaban J connectivity index is 1.71. The van der Waals surface area contributed by atoms with Gasteiger partial charge in [-0.05, 0) is 18.4 Å². The lowest BCUT2D eigenvalue weighted by Gasteiger charge is -2.23. The third-order valence-electron chi connectivity index (χ3n) is 3.80. The van der Waals surface area contributed by atoms with Crippen LogP contribution in [0.1, 0.15) is 18.4 Å². The Kier molecular flexibility index (Phi) is 7.21. The van der Waals surface area contributed by atoms with Crippen molar-refractivity contribution in [2.24, 2.45) is 0 Å². The molecule has 1 unspecified atom stereocenters. The lowest BCUT2D eigenvalue weighted by Crippen LogP contribution is -2.39. The molecule has 1 aromatic rings. The van der Waals surface area contributed by atoms with Gasteiger partial charge in [0.25, 0.3) is 0 Å². The quantitative estimate of drug-likeness (QED) is 0.725. The van der Waals surface area contributed by atoms with Crippen molar-refractivity contribution < 1.29 is 29.0 Å². The average molecular weight is 350 g/mol. The van der Waals surface area contributed by atoms with E-state index in [4.69, 9.17) is 14.6 Å². The van der Waals surface area contributed by atoms with Crippen molar-refractivity contribution in [3.8, 4) is 0 Å². The first kappa shape index (κ1) is 18.7. The lowest BCUT2D eigenvalue weighted by molar-refractivity contribution is -0.138. The van der Waals surface area contributed by atoms with E-state index in [0.29, 0.717) is 6.54 Å². The summed E-state index contributed by atoms with van der Waals surface area (Å²) in [6, 6.07) is 9.28. The van der Waals surface area contributed by atoms with Crippen LogP contribution in [0.4, 0.5) is 4.79 Å². The molecular formula is C17H22N2O6. The summed E-state index contributed by atoms with van der Waals surface area (Å²) in [6.45, 7) is 0.329. The van der Waals surface area contributed by atoms with Crippen molar-refractivity contribution in [2.45, 2.75) is 25.5 Å². The molecular weight excluding hydrogens is 328 g/mol. The number of carboxylic acids is 1. The fourth-order valence-electron chi connectivity index (χ4n) is 2.56. The van der Waals surface area contributed by atoms with Gasteiger partial charge in [0.1, 0.15) is 19.8 Å². The Labute approximate surface area is 145 Å². The minimum atomic E-state index is -1.11. The van der Waals surface area contributed by atoms with Crippen molar-refractivity contribution in [1.82, 2.24) is 10.2 Å². The fourth-order valence-corrected chi connectivity index (χ4v) is 2.56. The van der Waals surface area contributed by atoms with Gasteiger partial charge in [-0.3, -0.25) is 9.59 Å². The maximum atomic E-state index is 12.2. The first-order chi connectivity index (χ1) is 12.1. The van der Waals surface area contributed by atoms with Crippen LogP contribution in [-0.2, 0) is 25.7 Å². The summed E-state index contributed by atoms with van der Waals surface area (Å²) < 4.78 is 10.6. The van der Waals surface area contributed by atoms with E-state index in [1.54, 1.807) is 4.90 Å². The summed E-state index contributed by atoms with van der Waals surface area (Å²) in [5.41, 5.74) is 0.915. The zero-order chi connectivity index (χ0) is 18.1. The van der Waals surface area contributed by atoms with Crippen LogP contribution in [0.3, 0.4) is 0 Å². The molecule has 0 radical (unpaired) electrons. The van der Waals surface area contributed by atoms with Crippen LogP contribution in [0.2, 0.25) is 0 Å². The Hall–Kier alpha value is -2.61. The molecule has 25 heavy (non-hydrogen) atoms. The number of ether oxygens (including phenoxy) is 2. The second kappa shape index (κ2) is 9.63. The molecule has 8 heteroatoms. The average Bonchev–Trinajstić information content (AvgIpc) is 3.07. The van der Waals surface area contributed by atoms with Gasteiger partial charge >= 0.3 is 12.1 Å². The summed E-state index contributed by atoms with van der Waals surface area (Å²) in [7, 11) is 0. The highest BCUT2D eigenvalue weighted by Gasteiger charge is 2.30. The van der Waals surface area contributed by atoms with Gasteiger partial charge in [-0.15, -0.1) is 0 Å². The van der Waals surface area contributed by atoms with Gasteiger partial charge in [0, 0.05) is 6.54 Å². The highest BCUT2D eigenvalue weighted by Crippen LogP contribution is 2.19. The number of nitrogens with one attached hydrogen (secondary N) is 1. The lowest BCUT2D eigenvalue weighted by atomic mass is 10.2. The number of likely N-dealkylation sites (tertiary alicyclic amines) is 1. The largest absolute Gasteiger partial charge is 0.480 e. The number of carbonyl (C=O) groups is 3. The van der Waals surface area contributed by atoms with Crippen molar-refractivity contribution in [1.29, 1.82) is 0 Å². The Morgan fingerprint density at radius 2 is 2.00 bits per heavy atom. The molecule has 1 aromatic carbocycles. The zero-order valence-electron chi connectivity index (χ0n) is 13.8. The van der Waals surface area contributed by atoms with Crippen molar-refractivity contribution in [3.05, 3.63) is 35.9 Å². The van der Waals surface area contributed by atoms with Crippen molar-refractivity contribution in [2.75, 3.05) is 26.3 Å². The predicted molar refractivity (Wildman–Crippen MR) is 87.8 cm³/mol. The van der Waals surface area contributed by atoms with Gasteiger partial charge in [0.15, 0.2) is 0 Å². The topological polar surface area (TPSA) is 105 Å². The molecule has 8 nitrogen and oxygen atoms in total. The molecule has 0 saturated carbocycles. The van der Waals surface area contributed by atoms with Crippen molar-refractivity contribution >= 4 is 18.0 Å². The normalized spacial score (nSPS) is 16.5. The van der Waals surface area contributed by atoms with E-state index >= 15 is 0 Å². The van der Waals surface area contributed by atoms with Crippen LogP contribution in [0.25, 0.3) is 0 Å². The Morgan fingerprint density at radius 3 is 2.72 bits per heavy atom. The number of rotatable bonds is 8. The van der Waals surface area contributed by atoms with Gasteiger partial charge < -0.3 is 24.8 Å². The molecule has 1 heterocycles. The van der Waals surface area contributed by atoms with Crippen molar-refractivity contribution in [3.63, 3.8) is 0 Å². The van der Waals surface area contributed by atoms with E-state index in [1.807, 2.05) is 30.3 Å². The third kappa shape index (κ3) is 6.42. The molecule has 1 saturated heterocycles. The molecule has 0 aromatic heterocycles. The summed E-state index contributed by atoms with van der Waals surface area (Å²) in [5.74, 6) is -1.62. The highest BCUT2D eigenvalue weighted by atomic mass is 16.6. The molecule has 2 rings (SSSR count). The standard InChI is InChI=1S/C17H22N2O6/c20-15(18-9-16(21)22)12-24-11-14-7-4-8-19(14)17(23)25-10-13-5-2-1-3-6-13/h1-3,5-6,14H,4,7-12H2,(H,18,20)(H,21,22). The minimum Gasteiger partial charge on any atom is -0.480 e. The summed E-state index contributed by atoms with van der Waals surface area (Å²) >= 11 is 0. The molecule has 2 N–H and O–H groups in total. The maximum absolute atomic E-state index is 12.2. The van der Waals surface area contributed by atoms with Crippen LogP contribution in [-0.4, -0.2) is 60.3 Å². The number of benzene rings is 1. The number of carboxylic acid groups (broad SMARTS) is 1. The van der Waals surface area contributed by atoms with E-state index in [1.165, 1.54) is 0 Å². The smallest absolute Gasteiger partial charge is 0.410 e. The number of nitrogens with zero attached hydrogens (tertiary/aromatic N) is 1. The van der Waals surface area contributed by atoms with Crippen LogP contribution in [0.5, 0.6) is 0 Å². The van der Waals surface area contributed by atoms with Gasteiger partial charge in [-0.2, -0.15) is 0 Å². The Morgan fingerprint density at radius 1 is 1.24 bits per heavy atom. The summed E-state index contributed by atoms with van der Waals surface area (Å²) in [4.78, 5) is 35.6. The molecule has 1 fully saturated rings. The molecule has 0 spiro atoms. The summed E-state index contributed by atoms with van der Waals surface area (Å²) in [6.07, 6.45) is 1.22. The molecule has 1 aliphatic heterocycles. The van der Waals surface area contributed by atoms with E-state index in [0.717, 1.165) is 18.4 Å². The zero-order valence-corrected chi connectivity index (χ0v) is 13.8. The number of hydrogen-bond acceptors (Lipinski definition) is 5. The molecule has 1 atom stereocenters. The van der Waals surface area contributed by atoms with Gasteiger partial charge in [0.2, 0.25) is 5.91 Å². The minimum absolute atomic E-state index is 0.143. The van der Waals surface area contributed by atoms with Gasteiger partial charge in [-0.1, -0.05) is 30.3 Å². The fraction of sp³-hybridized carbons (Fsp3) is 0.471. The van der Waals surface area contributed by atoms with E-state index in [-0.39, 0.29) is 25.9 Å². The van der Waals surface area contributed by atoms with E-state index < -0.39 is 24.5 Å². The molecule has 0 aliphatic carbocycles. The second-order valence-electron chi connectivity index (χ2n) is 5.72.